The van der Waals surface area contributed by atoms with E-state index >= 15 is 0 Å². The fourth-order valence-corrected chi connectivity index (χ4v) is 2.50. The quantitative estimate of drug-likeness (QED) is 0.895. The van der Waals surface area contributed by atoms with Gasteiger partial charge in [0, 0.05) is 4.88 Å². The first-order valence-electron chi connectivity index (χ1n) is 5.69. The fourth-order valence-electron chi connectivity index (χ4n) is 1.59. The summed E-state index contributed by atoms with van der Waals surface area (Å²) in [5.41, 5.74) is 8.64. The molecule has 0 radical (unpaired) electrons. The van der Waals surface area contributed by atoms with E-state index < -0.39 is 0 Å². The van der Waals surface area contributed by atoms with Crippen LogP contribution in [-0.4, -0.2) is 26.5 Å². The fraction of sp³-hybridized carbons (Fsp3) is 0.545. The molecule has 0 aliphatic rings. The molecule has 2 heterocycles. The number of hydrogen-bond acceptors (Lipinski definition) is 5. The Morgan fingerprint density at radius 3 is 2.65 bits per heavy atom. The maximum atomic E-state index is 5.50. The van der Waals surface area contributed by atoms with Gasteiger partial charge < -0.3 is 5.73 Å². The van der Waals surface area contributed by atoms with Crippen LogP contribution in [0.15, 0.2) is 0 Å². The molecule has 6 heteroatoms. The van der Waals surface area contributed by atoms with Gasteiger partial charge in [-0.1, -0.05) is 16.6 Å². The molecule has 0 saturated heterocycles. The van der Waals surface area contributed by atoms with Crippen LogP contribution in [0.1, 0.15) is 28.4 Å². The number of hydrogen-bond donors (Lipinski definition) is 1. The Kier molecular flexibility index (Phi) is 3.54. The molecule has 92 valence electrons. The van der Waals surface area contributed by atoms with E-state index in [1.165, 1.54) is 4.88 Å². The molecular formula is C11H17N5S. The van der Waals surface area contributed by atoms with Crippen molar-refractivity contribution in [3.8, 4) is 5.13 Å². The van der Waals surface area contributed by atoms with Gasteiger partial charge >= 0.3 is 0 Å². The van der Waals surface area contributed by atoms with Gasteiger partial charge in [-0.05, 0) is 40.2 Å². The van der Waals surface area contributed by atoms with Gasteiger partial charge in [0.1, 0.15) is 0 Å². The Morgan fingerprint density at radius 1 is 1.29 bits per heavy atom. The number of thiazole rings is 1. The highest BCUT2D eigenvalue weighted by Crippen LogP contribution is 2.21. The summed E-state index contributed by atoms with van der Waals surface area (Å²) in [4.78, 5) is 5.71. The predicted octanol–water partition coefficient (Wildman–Crippen LogP) is 1.54. The average Bonchev–Trinajstić information content (AvgIpc) is 2.81. The lowest BCUT2D eigenvalue weighted by molar-refractivity contribution is 0.769. The Morgan fingerprint density at radius 2 is 2.06 bits per heavy atom. The zero-order valence-corrected chi connectivity index (χ0v) is 11.2. The van der Waals surface area contributed by atoms with Crippen LogP contribution in [0.25, 0.3) is 5.13 Å². The molecule has 2 aromatic heterocycles. The van der Waals surface area contributed by atoms with Crippen molar-refractivity contribution in [2.75, 3.05) is 6.54 Å². The monoisotopic (exact) mass is 251 g/mol. The van der Waals surface area contributed by atoms with E-state index in [-0.39, 0.29) is 0 Å². The first-order valence-corrected chi connectivity index (χ1v) is 6.50. The van der Waals surface area contributed by atoms with E-state index in [9.17, 15) is 0 Å². The van der Waals surface area contributed by atoms with Crippen LogP contribution >= 0.6 is 11.3 Å². The van der Waals surface area contributed by atoms with E-state index in [4.69, 9.17) is 5.73 Å². The van der Waals surface area contributed by atoms with Crippen LogP contribution in [0, 0.1) is 20.8 Å². The lowest BCUT2D eigenvalue weighted by atomic mass is 10.2. The van der Waals surface area contributed by atoms with Crippen LogP contribution in [0.2, 0.25) is 0 Å². The minimum atomic E-state index is 0.682. The molecule has 0 aliphatic carbocycles. The summed E-state index contributed by atoms with van der Waals surface area (Å²) in [6.45, 7) is 6.79. The second-order valence-corrected chi connectivity index (χ2v) is 5.25. The van der Waals surface area contributed by atoms with Gasteiger partial charge in [0.2, 0.25) is 5.13 Å². The first-order chi connectivity index (χ1) is 8.13. The van der Waals surface area contributed by atoms with Crippen LogP contribution < -0.4 is 5.73 Å². The third kappa shape index (κ3) is 2.37. The van der Waals surface area contributed by atoms with Gasteiger partial charge in [-0.3, -0.25) is 0 Å². The summed E-state index contributed by atoms with van der Waals surface area (Å²) >= 11 is 1.64. The van der Waals surface area contributed by atoms with Crippen molar-refractivity contribution in [3.63, 3.8) is 0 Å². The molecular weight excluding hydrogens is 234 g/mol. The lowest BCUT2D eigenvalue weighted by Gasteiger charge is -1.98. The number of nitrogens with two attached hydrogens (primary N) is 1. The maximum absolute atomic E-state index is 5.50. The molecule has 0 bridgehead atoms. The summed E-state index contributed by atoms with van der Waals surface area (Å²) in [5, 5.41) is 9.25. The van der Waals surface area contributed by atoms with Crippen LogP contribution in [-0.2, 0) is 6.42 Å². The minimum Gasteiger partial charge on any atom is -0.330 e. The molecule has 2 N–H and O–H groups in total. The van der Waals surface area contributed by atoms with E-state index in [1.807, 2.05) is 18.5 Å². The third-order valence-corrected chi connectivity index (χ3v) is 3.85. The highest BCUT2D eigenvalue weighted by atomic mass is 32.1. The molecule has 0 saturated carbocycles. The van der Waals surface area contributed by atoms with Gasteiger partial charge in [0.05, 0.1) is 17.1 Å². The second-order valence-electron chi connectivity index (χ2n) is 4.06. The van der Waals surface area contributed by atoms with E-state index in [2.05, 4.69) is 22.2 Å². The van der Waals surface area contributed by atoms with Crippen molar-refractivity contribution < 1.29 is 0 Å². The van der Waals surface area contributed by atoms with Gasteiger partial charge in [-0.25, -0.2) is 4.98 Å². The van der Waals surface area contributed by atoms with Gasteiger partial charge in [-0.15, -0.1) is 5.10 Å². The Hall–Kier alpha value is -1.27. The summed E-state index contributed by atoms with van der Waals surface area (Å²) < 4.78 is 1.82. The van der Waals surface area contributed by atoms with Crippen LogP contribution in [0.5, 0.6) is 0 Å². The zero-order valence-electron chi connectivity index (χ0n) is 10.4. The Labute approximate surface area is 105 Å². The largest absolute Gasteiger partial charge is 0.330 e. The van der Waals surface area contributed by atoms with Crippen LogP contribution in [0.3, 0.4) is 0 Å². The highest BCUT2D eigenvalue weighted by Gasteiger charge is 2.13. The van der Waals surface area contributed by atoms with Crippen molar-refractivity contribution in [2.45, 2.75) is 33.6 Å². The van der Waals surface area contributed by atoms with Crippen molar-refractivity contribution in [1.29, 1.82) is 0 Å². The molecule has 0 atom stereocenters. The molecule has 5 nitrogen and oxygen atoms in total. The van der Waals surface area contributed by atoms with Crippen molar-refractivity contribution >= 4 is 11.3 Å². The van der Waals surface area contributed by atoms with Crippen molar-refractivity contribution in [3.05, 3.63) is 22.0 Å². The molecule has 0 aromatic carbocycles. The zero-order chi connectivity index (χ0) is 12.4. The van der Waals surface area contributed by atoms with Gasteiger partial charge in [-0.2, -0.15) is 4.68 Å². The van der Waals surface area contributed by atoms with Crippen molar-refractivity contribution in [1.82, 2.24) is 20.0 Å². The summed E-state index contributed by atoms with van der Waals surface area (Å²) in [6.07, 6.45) is 1.82. The SMILES string of the molecule is Cc1nc(-n2nnc(CCCN)c2C)sc1C. The van der Waals surface area contributed by atoms with E-state index in [0.717, 1.165) is 35.1 Å². The van der Waals surface area contributed by atoms with Gasteiger partial charge in [0.25, 0.3) is 0 Å². The molecule has 0 aliphatic heterocycles. The van der Waals surface area contributed by atoms with E-state index in [1.54, 1.807) is 11.3 Å². The number of nitrogens with zero attached hydrogens (tertiary/aromatic N) is 4. The number of rotatable bonds is 4. The first kappa shape index (κ1) is 12.2. The molecule has 0 fully saturated rings. The molecule has 0 amide bonds. The third-order valence-electron chi connectivity index (χ3n) is 2.81. The summed E-state index contributed by atoms with van der Waals surface area (Å²) in [5.74, 6) is 0. The lowest BCUT2D eigenvalue weighted by Crippen LogP contribution is -2.02. The standard InChI is InChI=1S/C11H17N5S/c1-7-9(3)17-11(13-7)16-8(2)10(14-15-16)5-4-6-12/h4-6,12H2,1-3H3. The Balaban J connectivity index is 2.30. The van der Waals surface area contributed by atoms with Gasteiger partial charge in [0.15, 0.2) is 0 Å². The molecule has 17 heavy (non-hydrogen) atoms. The predicted molar refractivity (Wildman–Crippen MR) is 68.6 cm³/mol. The number of aryl methyl sites for hydroxylation is 3. The molecule has 0 unspecified atom stereocenters. The summed E-state index contributed by atoms with van der Waals surface area (Å²) in [7, 11) is 0. The smallest absolute Gasteiger partial charge is 0.212 e. The maximum Gasteiger partial charge on any atom is 0.212 e. The van der Waals surface area contributed by atoms with Crippen molar-refractivity contribution in [2.24, 2.45) is 5.73 Å². The number of aromatic nitrogens is 4. The second kappa shape index (κ2) is 4.93. The Bertz CT molecular complexity index is 494. The normalized spacial score (nSPS) is 11.1. The molecule has 0 spiro atoms. The highest BCUT2D eigenvalue weighted by molar-refractivity contribution is 7.14. The van der Waals surface area contributed by atoms with E-state index in [0.29, 0.717) is 6.54 Å². The topological polar surface area (TPSA) is 69.6 Å². The molecule has 2 aromatic rings. The minimum absolute atomic E-state index is 0.682. The molecule has 2 rings (SSSR count). The summed E-state index contributed by atoms with van der Waals surface area (Å²) in [6, 6.07) is 0. The van der Waals surface area contributed by atoms with Crippen LogP contribution in [0.4, 0.5) is 0 Å². The average molecular weight is 251 g/mol.